The number of hydrogen-bond acceptors (Lipinski definition) is 0. The van der Waals surface area contributed by atoms with Crippen molar-refractivity contribution in [2.24, 2.45) is 0 Å². The van der Waals surface area contributed by atoms with Gasteiger partial charge in [0.1, 0.15) is 0 Å². The Labute approximate surface area is 182 Å². The molecule has 4 aromatic rings. The minimum absolute atomic E-state index is 0.180. The second kappa shape index (κ2) is 7.02. The van der Waals surface area contributed by atoms with Crippen molar-refractivity contribution in [3.8, 4) is 22.3 Å². The molecule has 0 saturated heterocycles. The van der Waals surface area contributed by atoms with E-state index in [-0.39, 0.29) is 5.41 Å². The summed E-state index contributed by atoms with van der Waals surface area (Å²) in [5.74, 6) is 0. The number of alkyl halides is 2. The molecule has 0 radical (unpaired) electrons. The van der Waals surface area contributed by atoms with Gasteiger partial charge in [0, 0.05) is 0 Å². The summed E-state index contributed by atoms with van der Waals surface area (Å²) < 4.78 is 0.875. The Morgan fingerprint density at radius 2 is 0.643 bits per heavy atom. The number of halogens is 2. The fourth-order valence-electron chi connectivity index (χ4n) is 5.05. The number of benzene rings is 4. The number of rotatable bonds is 0. The van der Waals surface area contributed by atoms with Crippen LogP contribution in [-0.4, -0.2) is 4.24 Å². The van der Waals surface area contributed by atoms with Crippen molar-refractivity contribution in [3.63, 3.8) is 0 Å². The van der Waals surface area contributed by atoms with Gasteiger partial charge in [-0.05, 0) is 44.5 Å². The first kappa shape index (κ1) is 17.9. The molecule has 2 heteroatoms. The largest absolute Gasteiger partial charge is 0.0802 e. The molecule has 0 aromatic heterocycles. The van der Waals surface area contributed by atoms with Crippen molar-refractivity contribution in [2.75, 3.05) is 4.24 Å². The highest BCUT2D eigenvalue weighted by Gasteiger charge is 2.51. The minimum atomic E-state index is -0.180. The van der Waals surface area contributed by atoms with Crippen molar-refractivity contribution in [1.82, 2.24) is 0 Å². The normalized spacial score (nSPS) is 13.8. The molecule has 2 aliphatic rings. The van der Waals surface area contributed by atoms with E-state index in [4.69, 9.17) is 0 Å². The highest BCUT2D eigenvalue weighted by Crippen LogP contribution is 2.62. The van der Waals surface area contributed by atoms with Gasteiger partial charge in [0.25, 0.3) is 0 Å². The van der Waals surface area contributed by atoms with E-state index in [9.17, 15) is 0 Å². The zero-order chi connectivity index (χ0) is 19.1. The summed E-state index contributed by atoms with van der Waals surface area (Å²) in [6.45, 7) is 0. The molecular weight excluding hydrogens is 472 g/mol. The quantitative estimate of drug-likeness (QED) is 0.191. The van der Waals surface area contributed by atoms with E-state index in [0.29, 0.717) is 0 Å². The Hall–Kier alpha value is -2.16. The average Bonchev–Trinajstić information content (AvgIpc) is 3.22. The maximum absolute atomic E-state index is 3.06. The summed E-state index contributed by atoms with van der Waals surface area (Å²) in [5, 5.41) is 0. The van der Waals surface area contributed by atoms with Gasteiger partial charge in [-0.2, -0.15) is 0 Å². The Balaban J connectivity index is 0.000000538. The molecule has 0 aliphatic heterocycles. The molecule has 2 aliphatic carbocycles. The van der Waals surface area contributed by atoms with Gasteiger partial charge in [0.15, 0.2) is 0 Å². The molecule has 0 N–H and O–H groups in total. The van der Waals surface area contributed by atoms with Crippen LogP contribution >= 0.6 is 31.9 Å². The molecule has 0 heterocycles. The van der Waals surface area contributed by atoms with Gasteiger partial charge in [-0.3, -0.25) is 0 Å². The van der Waals surface area contributed by atoms with Crippen LogP contribution in [-0.2, 0) is 5.41 Å². The highest BCUT2D eigenvalue weighted by molar-refractivity contribution is 9.24. The van der Waals surface area contributed by atoms with E-state index >= 15 is 0 Å². The molecule has 4 aromatic carbocycles. The van der Waals surface area contributed by atoms with E-state index in [1.165, 1.54) is 44.5 Å². The van der Waals surface area contributed by atoms with E-state index in [0.717, 1.165) is 4.24 Å². The third-order valence-electron chi connectivity index (χ3n) is 5.90. The Kier molecular flexibility index (Phi) is 4.49. The molecule has 1 spiro atoms. The maximum atomic E-state index is 3.06. The van der Waals surface area contributed by atoms with Crippen LogP contribution < -0.4 is 0 Å². The summed E-state index contributed by atoms with van der Waals surface area (Å²) >= 11 is 6.12. The summed E-state index contributed by atoms with van der Waals surface area (Å²) in [6, 6.07) is 35.7. The predicted molar refractivity (Wildman–Crippen MR) is 125 cm³/mol. The monoisotopic (exact) mass is 488 g/mol. The maximum Gasteiger partial charge on any atom is 0.0725 e. The van der Waals surface area contributed by atoms with Crippen LogP contribution in [0.25, 0.3) is 22.3 Å². The minimum Gasteiger partial charge on any atom is -0.0802 e. The lowest BCUT2D eigenvalue weighted by atomic mass is 9.70. The molecule has 0 saturated carbocycles. The second-order valence-corrected chi connectivity index (χ2v) is 9.66. The Morgan fingerprint density at radius 3 is 0.893 bits per heavy atom. The van der Waals surface area contributed by atoms with Gasteiger partial charge in [-0.15, -0.1) is 0 Å². The highest BCUT2D eigenvalue weighted by atomic mass is 79.9. The first-order valence-electron chi connectivity index (χ1n) is 9.34. The van der Waals surface area contributed by atoms with Crippen LogP contribution in [0.1, 0.15) is 22.3 Å². The van der Waals surface area contributed by atoms with Crippen LogP contribution in [0, 0.1) is 0 Å². The third kappa shape index (κ3) is 2.28. The van der Waals surface area contributed by atoms with Crippen molar-refractivity contribution in [1.29, 1.82) is 0 Å². The first-order valence-corrected chi connectivity index (χ1v) is 11.6. The van der Waals surface area contributed by atoms with Crippen LogP contribution in [0.3, 0.4) is 0 Å². The smallest absolute Gasteiger partial charge is 0.0725 e. The fourth-order valence-corrected chi connectivity index (χ4v) is 5.05. The van der Waals surface area contributed by atoms with E-state index in [2.05, 4.69) is 129 Å². The summed E-state index contributed by atoms with van der Waals surface area (Å²) in [7, 11) is 0. The molecule has 0 unspecified atom stereocenters. The van der Waals surface area contributed by atoms with E-state index < -0.39 is 0 Å². The van der Waals surface area contributed by atoms with Crippen molar-refractivity contribution >= 4 is 31.9 Å². The molecule has 0 atom stereocenters. The number of hydrogen-bond donors (Lipinski definition) is 0. The fraction of sp³-hybridized carbons (Fsp3) is 0.0769. The van der Waals surface area contributed by atoms with Crippen molar-refractivity contribution < 1.29 is 0 Å². The van der Waals surface area contributed by atoms with Crippen LogP contribution in [0.5, 0.6) is 0 Å². The summed E-state index contributed by atoms with van der Waals surface area (Å²) in [6.07, 6.45) is 0. The Bertz CT molecular complexity index is 989. The van der Waals surface area contributed by atoms with Gasteiger partial charge < -0.3 is 0 Å². The zero-order valence-corrected chi connectivity index (χ0v) is 18.4. The lowest BCUT2D eigenvalue weighted by Gasteiger charge is -2.30. The van der Waals surface area contributed by atoms with Crippen LogP contribution in [0.15, 0.2) is 97.1 Å². The first-order chi connectivity index (χ1) is 13.8. The molecule has 136 valence electrons. The van der Waals surface area contributed by atoms with Gasteiger partial charge >= 0.3 is 0 Å². The van der Waals surface area contributed by atoms with Crippen molar-refractivity contribution in [3.05, 3.63) is 119 Å². The molecular formula is C26H18Br2. The lowest BCUT2D eigenvalue weighted by molar-refractivity contribution is 0.794. The van der Waals surface area contributed by atoms with Gasteiger partial charge in [0.05, 0.1) is 9.65 Å². The molecule has 6 rings (SSSR count). The molecule has 0 amide bonds. The molecule has 0 bridgehead atoms. The average molecular weight is 490 g/mol. The lowest BCUT2D eigenvalue weighted by Crippen LogP contribution is -2.25. The standard InChI is InChI=1S/C25H16.CH2Br2/c1-5-13-21-17(9-1)18-10-2-6-14-22(18)25(21)23-15-7-3-11-19(23)20-12-4-8-16-24(20)25;2-1-3/h1-16H;1H2. The summed E-state index contributed by atoms with van der Waals surface area (Å²) in [4.78, 5) is 0. The van der Waals surface area contributed by atoms with Gasteiger partial charge in [0.2, 0.25) is 0 Å². The topological polar surface area (TPSA) is 0 Å². The number of fused-ring (bicyclic) bond motifs is 10. The second-order valence-electron chi connectivity index (χ2n) is 7.03. The Morgan fingerprint density at radius 1 is 0.429 bits per heavy atom. The van der Waals surface area contributed by atoms with Gasteiger partial charge in [-0.25, -0.2) is 0 Å². The third-order valence-corrected chi connectivity index (χ3v) is 5.90. The summed E-state index contributed by atoms with van der Waals surface area (Å²) in [5.41, 5.74) is 10.9. The van der Waals surface area contributed by atoms with Gasteiger partial charge in [-0.1, -0.05) is 129 Å². The van der Waals surface area contributed by atoms with Crippen LogP contribution in [0.2, 0.25) is 0 Å². The SMILES string of the molecule is BrCBr.c1ccc2c(c1)-c1ccccc1C21c2ccccc2-c2ccccc21. The molecule has 0 nitrogen and oxygen atoms in total. The zero-order valence-electron chi connectivity index (χ0n) is 15.2. The van der Waals surface area contributed by atoms with Crippen molar-refractivity contribution in [2.45, 2.75) is 5.41 Å². The molecule has 0 fully saturated rings. The van der Waals surface area contributed by atoms with Crippen LogP contribution in [0.4, 0.5) is 0 Å². The molecule has 28 heavy (non-hydrogen) atoms. The van der Waals surface area contributed by atoms with E-state index in [1.54, 1.807) is 0 Å². The van der Waals surface area contributed by atoms with E-state index in [1.807, 2.05) is 0 Å². The predicted octanol–water partition coefficient (Wildman–Crippen LogP) is 7.76.